The third kappa shape index (κ3) is 2.44. The van der Waals surface area contributed by atoms with E-state index in [4.69, 9.17) is 4.74 Å². The summed E-state index contributed by atoms with van der Waals surface area (Å²) in [6.45, 7) is 4.34. The summed E-state index contributed by atoms with van der Waals surface area (Å²) in [5.74, 6) is 2.08. The highest BCUT2D eigenvalue weighted by molar-refractivity contribution is 5.81. The lowest BCUT2D eigenvalue weighted by atomic mass is 9.92. The van der Waals surface area contributed by atoms with Gasteiger partial charge < -0.3 is 14.8 Å². The molecule has 0 heterocycles. The predicted octanol–water partition coefficient (Wildman–Crippen LogP) is 1.57. The van der Waals surface area contributed by atoms with Gasteiger partial charge >= 0.3 is 12.1 Å². The quantitative estimate of drug-likeness (QED) is 0.774. The second kappa shape index (κ2) is 5.16. The number of carbonyl (C=O) groups is 2. The highest BCUT2D eigenvalue weighted by atomic mass is 16.5. The highest BCUT2D eigenvalue weighted by Gasteiger charge is 2.55. The molecule has 0 aromatic heterocycles. The Morgan fingerprint density at radius 3 is 2.44 bits per heavy atom. The van der Waals surface area contributed by atoms with Crippen LogP contribution in [0.3, 0.4) is 0 Å². The lowest BCUT2D eigenvalue weighted by Crippen LogP contribution is -2.46. The van der Waals surface area contributed by atoms with Crippen LogP contribution in [0, 0.1) is 23.7 Å². The lowest BCUT2D eigenvalue weighted by molar-refractivity contribution is -0.147. The molecule has 2 fully saturated rings. The van der Waals surface area contributed by atoms with E-state index in [-0.39, 0.29) is 11.9 Å². The van der Waals surface area contributed by atoms with Gasteiger partial charge in [0, 0.05) is 0 Å². The monoisotopic (exact) mass is 255 g/mol. The molecule has 0 radical (unpaired) electrons. The molecule has 2 aliphatic rings. The third-order valence-corrected chi connectivity index (χ3v) is 4.38. The first-order chi connectivity index (χ1) is 8.58. The maximum absolute atomic E-state index is 11.9. The van der Waals surface area contributed by atoms with Crippen LogP contribution < -0.4 is 5.32 Å². The van der Waals surface area contributed by atoms with Crippen LogP contribution in [-0.4, -0.2) is 31.8 Å². The van der Waals surface area contributed by atoms with Gasteiger partial charge in [0.05, 0.1) is 13.7 Å². The number of hydrogen-bond donors (Lipinski definition) is 1. The molecule has 0 aromatic carbocycles. The molecule has 102 valence electrons. The van der Waals surface area contributed by atoms with Gasteiger partial charge in [-0.15, -0.1) is 0 Å². The Balaban J connectivity index is 1.96. The number of carbonyl (C=O) groups excluding carboxylic acids is 2. The van der Waals surface area contributed by atoms with Crippen molar-refractivity contribution < 1.29 is 19.1 Å². The summed E-state index contributed by atoms with van der Waals surface area (Å²) in [4.78, 5) is 23.2. The SMILES string of the molecule is CCOC(=O)C(NC(=O)OC)[C@@H]1C[C@@H]2[C@H](C)[C@@H]2C1. The summed E-state index contributed by atoms with van der Waals surface area (Å²) in [7, 11) is 1.30. The van der Waals surface area contributed by atoms with Gasteiger partial charge in [-0.05, 0) is 43.4 Å². The standard InChI is InChI=1S/C13H21NO4/c1-4-18-12(15)11(14-13(16)17-3)8-5-9-7(2)10(9)6-8/h7-11H,4-6H2,1-3H3,(H,14,16)/t7-,8+,9+,10-,11?. The van der Waals surface area contributed by atoms with Gasteiger partial charge in [0.15, 0.2) is 0 Å². The fraction of sp³-hybridized carbons (Fsp3) is 0.846. The zero-order valence-electron chi connectivity index (χ0n) is 11.1. The summed E-state index contributed by atoms with van der Waals surface area (Å²) in [6, 6.07) is -0.558. The van der Waals surface area contributed by atoms with Gasteiger partial charge in [0.2, 0.25) is 0 Å². The Morgan fingerprint density at radius 1 is 1.33 bits per heavy atom. The van der Waals surface area contributed by atoms with Crippen LogP contribution in [0.15, 0.2) is 0 Å². The van der Waals surface area contributed by atoms with E-state index in [1.54, 1.807) is 6.92 Å². The number of amides is 1. The maximum atomic E-state index is 11.9. The molecule has 1 N–H and O–H groups in total. The summed E-state index contributed by atoms with van der Waals surface area (Å²) >= 11 is 0. The number of rotatable bonds is 4. The highest BCUT2D eigenvalue weighted by Crippen LogP contribution is 2.59. The zero-order valence-corrected chi connectivity index (χ0v) is 11.1. The van der Waals surface area contributed by atoms with Crippen LogP contribution in [0.2, 0.25) is 0 Å². The molecule has 0 saturated heterocycles. The zero-order chi connectivity index (χ0) is 13.3. The van der Waals surface area contributed by atoms with E-state index in [0.717, 1.165) is 30.6 Å². The Hall–Kier alpha value is -1.26. The summed E-state index contributed by atoms with van der Waals surface area (Å²) < 4.78 is 9.60. The van der Waals surface area contributed by atoms with Crippen LogP contribution in [0.25, 0.3) is 0 Å². The number of alkyl carbamates (subject to hydrolysis) is 1. The fourth-order valence-electron chi connectivity index (χ4n) is 3.27. The van der Waals surface area contributed by atoms with Crippen molar-refractivity contribution >= 4 is 12.1 Å². The predicted molar refractivity (Wildman–Crippen MR) is 64.8 cm³/mol. The van der Waals surface area contributed by atoms with Crippen LogP contribution >= 0.6 is 0 Å². The van der Waals surface area contributed by atoms with Crippen molar-refractivity contribution in [2.75, 3.05) is 13.7 Å². The molecule has 2 saturated carbocycles. The molecule has 1 unspecified atom stereocenters. The fourth-order valence-corrected chi connectivity index (χ4v) is 3.27. The van der Waals surface area contributed by atoms with Crippen molar-refractivity contribution in [2.45, 2.75) is 32.7 Å². The first-order valence-electron chi connectivity index (χ1n) is 6.59. The Kier molecular flexibility index (Phi) is 3.78. The largest absolute Gasteiger partial charge is 0.464 e. The molecule has 0 aromatic rings. The Morgan fingerprint density at radius 2 is 1.94 bits per heavy atom. The molecule has 1 amide bonds. The first kappa shape index (κ1) is 13.2. The summed E-state index contributed by atoms with van der Waals surface area (Å²) in [6.07, 6.45) is 1.43. The van der Waals surface area contributed by atoms with E-state index in [1.165, 1.54) is 7.11 Å². The molecule has 2 aliphatic carbocycles. The number of hydrogen-bond acceptors (Lipinski definition) is 4. The molecule has 0 aliphatic heterocycles. The molecular weight excluding hydrogens is 234 g/mol. The van der Waals surface area contributed by atoms with E-state index in [1.807, 2.05) is 0 Å². The molecule has 2 rings (SSSR count). The van der Waals surface area contributed by atoms with Crippen LogP contribution in [0.5, 0.6) is 0 Å². The third-order valence-electron chi connectivity index (χ3n) is 4.38. The normalized spacial score (nSPS) is 34.4. The molecule has 0 spiro atoms. The van der Waals surface area contributed by atoms with Gasteiger partial charge in [-0.3, -0.25) is 0 Å². The van der Waals surface area contributed by atoms with Crippen molar-refractivity contribution in [3.63, 3.8) is 0 Å². The minimum atomic E-state index is -0.568. The van der Waals surface area contributed by atoms with Crippen molar-refractivity contribution in [3.05, 3.63) is 0 Å². The topological polar surface area (TPSA) is 64.6 Å². The van der Waals surface area contributed by atoms with Crippen molar-refractivity contribution in [1.29, 1.82) is 0 Å². The second-order valence-corrected chi connectivity index (χ2v) is 5.28. The molecule has 5 atom stereocenters. The van der Waals surface area contributed by atoms with Crippen molar-refractivity contribution in [1.82, 2.24) is 5.32 Å². The number of ether oxygens (including phenoxy) is 2. The number of nitrogens with one attached hydrogen (secondary N) is 1. The van der Waals surface area contributed by atoms with Crippen LogP contribution in [0.4, 0.5) is 4.79 Å². The lowest BCUT2D eigenvalue weighted by Gasteiger charge is -2.24. The van der Waals surface area contributed by atoms with E-state index >= 15 is 0 Å². The number of methoxy groups -OCH3 is 1. The molecule has 5 nitrogen and oxygen atoms in total. The minimum absolute atomic E-state index is 0.189. The Labute approximate surface area is 107 Å². The average Bonchev–Trinajstić information content (AvgIpc) is 2.80. The maximum Gasteiger partial charge on any atom is 0.407 e. The molecular formula is C13H21NO4. The van der Waals surface area contributed by atoms with Gasteiger partial charge in [0.1, 0.15) is 6.04 Å². The van der Waals surface area contributed by atoms with E-state index < -0.39 is 12.1 Å². The summed E-state index contributed by atoms with van der Waals surface area (Å²) in [5, 5.41) is 2.61. The second-order valence-electron chi connectivity index (χ2n) is 5.28. The van der Waals surface area contributed by atoms with Crippen LogP contribution in [0.1, 0.15) is 26.7 Å². The minimum Gasteiger partial charge on any atom is -0.464 e. The summed E-state index contributed by atoms with van der Waals surface area (Å²) in [5.41, 5.74) is 0. The van der Waals surface area contributed by atoms with Crippen molar-refractivity contribution in [2.24, 2.45) is 23.7 Å². The molecule has 18 heavy (non-hydrogen) atoms. The molecule has 0 bridgehead atoms. The van der Waals surface area contributed by atoms with E-state index in [9.17, 15) is 9.59 Å². The number of fused-ring (bicyclic) bond motifs is 1. The van der Waals surface area contributed by atoms with Crippen LogP contribution in [-0.2, 0) is 14.3 Å². The van der Waals surface area contributed by atoms with E-state index in [0.29, 0.717) is 6.61 Å². The van der Waals surface area contributed by atoms with Crippen molar-refractivity contribution in [3.8, 4) is 0 Å². The number of esters is 1. The van der Waals surface area contributed by atoms with Gasteiger partial charge in [0.25, 0.3) is 0 Å². The first-order valence-corrected chi connectivity index (χ1v) is 6.59. The van der Waals surface area contributed by atoms with Gasteiger partial charge in [-0.2, -0.15) is 0 Å². The van der Waals surface area contributed by atoms with Gasteiger partial charge in [-0.25, -0.2) is 9.59 Å². The smallest absolute Gasteiger partial charge is 0.407 e. The molecule has 5 heteroatoms. The van der Waals surface area contributed by atoms with E-state index in [2.05, 4.69) is 17.0 Å². The van der Waals surface area contributed by atoms with Gasteiger partial charge in [-0.1, -0.05) is 6.92 Å². The Bertz CT molecular complexity index is 332. The average molecular weight is 255 g/mol.